The Morgan fingerprint density at radius 3 is 2.86 bits per heavy atom. The number of rotatable bonds is 2. The molecule has 0 amide bonds. The third-order valence-corrected chi connectivity index (χ3v) is 2.49. The molecule has 0 aromatic carbocycles. The standard InChI is InChI=1S/C10H16N4/c1-11-9-6-10(8-13-7-9)14-4-2-12-3-5-14/h6-8,11-12H,2-5H2,1H3. The van der Waals surface area contributed by atoms with E-state index in [4.69, 9.17) is 0 Å². The zero-order valence-corrected chi connectivity index (χ0v) is 8.45. The van der Waals surface area contributed by atoms with Gasteiger partial charge < -0.3 is 15.5 Å². The predicted molar refractivity (Wildman–Crippen MR) is 58.9 cm³/mol. The van der Waals surface area contributed by atoms with E-state index in [0.29, 0.717) is 0 Å². The Morgan fingerprint density at radius 2 is 2.14 bits per heavy atom. The van der Waals surface area contributed by atoms with Crippen LogP contribution < -0.4 is 15.5 Å². The van der Waals surface area contributed by atoms with Gasteiger partial charge in [0, 0.05) is 33.2 Å². The molecular formula is C10H16N4. The molecular weight excluding hydrogens is 176 g/mol. The van der Waals surface area contributed by atoms with Crippen LogP contribution in [-0.4, -0.2) is 38.2 Å². The van der Waals surface area contributed by atoms with E-state index in [2.05, 4.69) is 26.6 Å². The van der Waals surface area contributed by atoms with Crippen molar-refractivity contribution in [2.24, 2.45) is 0 Å². The van der Waals surface area contributed by atoms with Crippen LogP contribution in [0.4, 0.5) is 11.4 Å². The maximum absolute atomic E-state index is 4.21. The van der Waals surface area contributed by atoms with Gasteiger partial charge in [-0.15, -0.1) is 0 Å². The lowest BCUT2D eigenvalue weighted by Crippen LogP contribution is -2.43. The van der Waals surface area contributed by atoms with E-state index in [1.165, 1.54) is 5.69 Å². The van der Waals surface area contributed by atoms with E-state index in [-0.39, 0.29) is 0 Å². The fourth-order valence-corrected chi connectivity index (χ4v) is 1.66. The Bertz CT molecular complexity index is 294. The summed E-state index contributed by atoms with van der Waals surface area (Å²) >= 11 is 0. The Labute approximate surface area is 84.3 Å². The van der Waals surface area contributed by atoms with E-state index in [1.807, 2.05) is 19.4 Å². The first-order chi connectivity index (χ1) is 6.90. The molecule has 1 saturated heterocycles. The van der Waals surface area contributed by atoms with Crippen LogP contribution in [0.2, 0.25) is 0 Å². The molecule has 14 heavy (non-hydrogen) atoms. The molecule has 0 aliphatic carbocycles. The monoisotopic (exact) mass is 192 g/mol. The van der Waals surface area contributed by atoms with Gasteiger partial charge in [-0.05, 0) is 6.07 Å². The molecule has 1 aromatic heterocycles. The highest BCUT2D eigenvalue weighted by atomic mass is 15.2. The molecule has 2 N–H and O–H groups in total. The minimum absolute atomic E-state index is 1.06. The number of pyridine rings is 1. The molecule has 4 nitrogen and oxygen atoms in total. The highest BCUT2D eigenvalue weighted by Gasteiger charge is 2.10. The zero-order chi connectivity index (χ0) is 9.80. The van der Waals surface area contributed by atoms with Gasteiger partial charge in [0.05, 0.1) is 23.8 Å². The molecule has 2 rings (SSSR count). The van der Waals surface area contributed by atoms with Crippen molar-refractivity contribution < 1.29 is 0 Å². The van der Waals surface area contributed by atoms with Crippen molar-refractivity contribution in [2.45, 2.75) is 0 Å². The summed E-state index contributed by atoms with van der Waals surface area (Å²) in [6.45, 7) is 4.25. The van der Waals surface area contributed by atoms with Crippen LogP contribution in [0.25, 0.3) is 0 Å². The van der Waals surface area contributed by atoms with Crippen molar-refractivity contribution in [3.05, 3.63) is 18.5 Å². The van der Waals surface area contributed by atoms with Crippen molar-refractivity contribution >= 4 is 11.4 Å². The predicted octanol–water partition coefficient (Wildman–Crippen LogP) is 0.533. The van der Waals surface area contributed by atoms with Gasteiger partial charge in [-0.1, -0.05) is 0 Å². The minimum Gasteiger partial charge on any atom is -0.387 e. The summed E-state index contributed by atoms with van der Waals surface area (Å²) in [5.41, 5.74) is 2.28. The van der Waals surface area contributed by atoms with Crippen molar-refractivity contribution in [1.29, 1.82) is 0 Å². The summed E-state index contributed by atoms with van der Waals surface area (Å²) in [4.78, 5) is 6.56. The smallest absolute Gasteiger partial charge is 0.0574 e. The molecule has 76 valence electrons. The summed E-state index contributed by atoms with van der Waals surface area (Å²) in [5.74, 6) is 0. The number of anilines is 2. The van der Waals surface area contributed by atoms with Crippen molar-refractivity contribution in [2.75, 3.05) is 43.4 Å². The van der Waals surface area contributed by atoms with Crippen molar-refractivity contribution in [3.63, 3.8) is 0 Å². The molecule has 0 unspecified atom stereocenters. The average Bonchev–Trinajstić information content (AvgIpc) is 2.30. The molecule has 1 fully saturated rings. The topological polar surface area (TPSA) is 40.2 Å². The molecule has 0 spiro atoms. The lowest BCUT2D eigenvalue weighted by Gasteiger charge is -2.29. The molecule has 0 bridgehead atoms. The number of piperazine rings is 1. The van der Waals surface area contributed by atoms with E-state index in [9.17, 15) is 0 Å². The largest absolute Gasteiger partial charge is 0.387 e. The lowest BCUT2D eigenvalue weighted by atomic mass is 10.3. The van der Waals surface area contributed by atoms with E-state index in [0.717, 1.165) is 31.9 Å². The van der Waals surface area contributed by atoms with E-state index in [1.54, 1.807) is 0 Å². The average molecular weight is 192 g/mol. The summed E-state index contributed by atoms with van der Waals surface area (Å²) in [7, 11) is 1.92. The number of nitrogens with zero attached hydrogens (tertiary/aromatic N) is 2. The minimum atomic E-state index is 1.06. The first kappa shape index (κ1) is 9.27. The Hall–Kier alpha value is -1.29. The molecule has 0 atom stereocenters. The van der Waals surface area contributed by atoms with Crippen LogP contribution in [-0.2, 0) is 0 Å². The van der Waals surface area contributed by atoms with Gasteiger partial charge in [-0.3, -0.25) is 4.98 Å². The van der Waals surface area contributed by atoms with Gasteiger partial charge in [0.2, 0.25) is 0 Å². The van der Waals surface area contributed by atoms with Gasteiger partial charge >= 0.3 is 0 Å². The van der Waals surface area contributed by atoms with Gasteiger partial charge in [-0.25, -0.2) is 0 Å². The number of hydrogen-bond donors (Lipinski definition) is 2. The van der Waals surface area contributed by atoms with Gasteiger partial charge in [0.15, 0.2) is 0 Å². The zero-order valence-electron chi connectivity index (χ0n) is 8.45. The summed E-state index contributed by atoms with van der Waals surface area (Å²) in [5, 5.41) is 6.44. The van der Waals surface area contributed by atoms with E-state index < -0.39 is 0 Å². The van der Waals surface area contributed by atoms with Gasteiger partial charge in [-0.2, -0.15) is 0 Å². The molecule has 1 aliphatic heterocycles. The van der Waals surface area contributed by atoms with Crippen LogP contribution >= 0.6 is 0 Å². The Balaban J connectivity index is 2.13. The molecule has 2 heterocycles. The SMILES string of the molecule is CNc1cncc(N2CCNCC2)c1. The highest BCUT2D eigenvalue weighted by molar-refractivity contribution is 5.55. The molecule has 1 aliphatic rings. The van der Waals surface area contributed by atoms with Crippen molar-refractivity contribution in [3.8, 4) is 0 Å². The first-order valence-corrected chi connectivity index (χ1v) is 4.98. The van der Waals surface area contributed by atoms with Gasteiger partial charge in [0.25, 0.3) is 0 Å². The second-order valence-corrected chi connectivity index (χ2v) is 3.42. The summed E-state index contributed by atoms with van der Waals surface area (Å²) in [6, 6.07) is 2.14. The van der Waals surface area contributed by atoms with Crippen molar-refractivity contribution in [1.82, 2.24) is 10.3 Å². The normalized spacial score (nSPS) is 16.8. The maximum atomic E-state index is 4.21. The Morgan fingerprint density at radius 1 is 1.36 bits per heavy atom. The molecule has 1 aromatic rings. The quantitative estimate of drug-likeness (QED) is 0.717. The number of nitrogens with one attached hydrogen (secondary N) is 2. The number of hydrogen-bond acceptors (Lipinski definition) is 4. The molecule has 0 radical (unpaired) electrons. The highest BCUT2D eigenvalue weighted by Crippen LogP contribution is 2.17. The summed E-state index contributed by atoms with van der Waals surface area (Å²) in [6.07, 6.45) is 3.76. The first-order valence-electron chi connectivity index (χ1n) is 4.98. The fraction of sp³-hybridized carbons (Fsp3) is 0.500. The lowest BCUT2D eigenvalue weighted by molar-refractivity contribution is 0.589. The van der Waals surface area contributed by atoms with Crippen LogP contribution in [0.1, 0.15) is 0 Å². The van der Waals surface area contributed by atoms with Crippen LogP contribution in [0.3, 0.4) is 0 Å². The van der Waals surface area contributed by atoms with Crippen LogP contribution in [0.15, 0.2) is 18.5 Å². The fourth-order valence-electron chi connectivity index (χ4n) is 1.66. The summed E-state index contributed by atoms with van der Waals surface area (Å²) < 4.78 is 0. The second-order valence-electron chi connectivity index (χ2n) is 3.42. The third kappa shape index (κ3) is 1.96. The maximum Gasteiger partial charge on any atom is 0.0574 e. The Kier molecular flexibility index (Phi) is 2.84. The third-order valence-electron chi connectivity index (χ3n) is 2.49. The van der Waals surface area contributed by atoms with Gasteiger partial charge in [0.1, 0.15) is 0 Å². The molecule has 0 saturated carbocycles. The number of aromatic nitrogens is 1. The van der Waals surface area contributed by atoms with Crippen LogP contribution in [0, 0.1) is 0 Å². The molecule has 4 heteroatoms. The van der Waals surface area contributed by atoms with E-state index >= 15 is 0 Å². The van der Waals surface area contributed by atoms with Crippen LogP contribution in [0.5, 0.6) is 0 Å². The second kappa shape index (κ2) is 4.28.